The van der Waals surface area contributed by atoms with E-state index in [0.717, 1.165) is 38.3 Å². The number of hydrazone groups is 1. The van der Waals surface area contributed by atoms with Crippen molar-refractivity contribution in [3.8, 4) is 11.4 Å². The molecule has 0 aliphatic rings. The van der Waals surface area contributed by atoms with Crippen molar-refractivity contribution in [2.75, 3.05) is 20.2 Å². The van der Waals surface area contributed by atoms with Crippen LogP contribution in [0.15, 0.2) is 94.9 Å². The molecule has 8 nitrogen and oxygen atoms in total. The Balaban J connectivity index is 1.48. The van der Waals surface area contributed by atoms with Gasteiger partial charge in [0.05, 0.1) is 24.8 Å². The van der Waals surface area contributed by atoms with Crippen molar-refractivity contribution in [1.29, 1.82) is 0 Å². The molecule has 0 radical (unpaired) electrons. The third-order valence-electron chi connectivity index (χ3n) is 6.46. The molecule has 4 aromatic rings. The predicted molar refractivity (Wildman–Crippen MR) is 158 cm³/mol. The second kappa shape index (κ2) is 13.0. The van der Waals surface area contributed by atoms with Crippen molar-refractivity contribution in [3.63, 3.8) is 0 Å². The number of hydrogen-bond acceptors (Lipinski definition) is 5. The number of carbonyl (C=O) groups is 1. The van der Waals surface area contributed by atoms with Crippen LogP contribution in [-0.2, 0) is 21.2 Å². The van der Waals surface area contributed by atoms with Gasteiger partial charge >= 0.3 is 0 Å². The first-order valence-electron chi connectivity index (χ1n) is 12.6. The summed E-state index contributed by atoms with van der Waals surface area (Å²) < 4.78 is 35.3. The summed E-state index contributed by atoms with van der Waals surface area (Å²) in [6.07, 6.45) is 2.00. The molecule has 40 heavy (non-hydrogen) atoms. The number of methoxy groups -OCH3 is 1. The van der Waals surface area contributed by atoms with E-state index in [1.807, 2.05) is 74.5 Å². The molecule has 3 aromatic carbocycles. The Labute approximate surface area is 239 Å². The number of aromatic nitrogens is 1. The number of nitrogens with zero attached hydrogens (tertiary/aromatic N) is 3. The number of sulfonamides is 1. The second-order valence-electron chi connectivity index (χ2n) is 9.18. The second-order valence-corrected chi connectivity index (χ2v) is 11.6. The number of hydrogen-bond donors (Lipinski definition) is 1. The van der Waals surface area contributed by atoms with Gasteiger partial charge in [-0.25, -0.2) is 13.8 Å². The molecule has 0 unspecified atom stereocenters. The zero-order chi connectivity index (χ0) is 28.7. The van der Waals surface area contributed by atoms with Crippen LogP contribution in [0, 0.1) is 13.8 Å². The fraction of sp³-hybridized carbons (Fsp3) is 0.200. The highest BCUT2D eigenvalue weighted by Gasteiger charge is 2.26. The molecule has 1 aromatic heterocycles. The smallest absolute Gasteiger partial charge is 0.255 e. The normalized spacial score (nSPS) is 11.7. The van der Waals surface area contributed by atoms with Crippen LogP contribution >= 0.6 is 11.6 Å². The lowest BCUT2D eigenvalue weighted by molar-refractivity contribution is -0.121. The highest BCUT2D eigenvalue weighted by Crippen LogP contribution is 2.22. The van der Waals surface area contributed by atoms with Gasteiger partial charge in [0, 0.05) is 34.2 Å². The fourth-order valence-electron chi connectivity index (χ4n) is 4.35. The number of aryl methyl sites for hydroxylation is 1. The van der Waals surface area contributed by atoms with Crippen molar-refractivity contribution in [2.24, 2.45) is 5.10 Å². The third-order valence-corrected chi connectivity index (χ3v) is 8.57. The summed E-state index contributed by atoms with van der Waals surface area (Å²) >= 11 is 5.95. The molecule has 1 heterocycles. The van der Waals surface area contributed by atoms with Crippen LogP contribution in [0.4, 0.5) is 0 Å². The molecule has 4 rings (SSSR count). The number of nitrogens with one attached hydrogen (secondary N) is 1. The molecular formula is C30H31ClN4O4S. The highest BCUT2D eigenvalue weighted by atomic mass is 35.5. The van der Waals surface area contributed by atoms with Gasteiger partial charge < -0.3 is 9.30 Å². The highest BCUT2D eigenvalue weighted by molar-refractivity contribution is 7.89. The van der Waals surface area contributed by atoms with Gasteiger partial charge in [0.1, 0.15) is 5.75 Å². The Hall–Kier alpha value is -3.92. The number of carbonyl (C=O) groups excluding carboxylic acids is 1. The zero-order valence-electron chi connectivity index (χ0n) is 22.5. The van der Waals surface area contributed by atoms with E-state index in [9.17, 15) is 13.2 Å². The number of halogens is 1. The molecule has 0 spiro atoms. The van der Waals surface area contributed by atoms with E-state index in [2.05, 4.69) is 15.1 Å². The minimum absolute atomic E-state index is 0.0623. The van der Waals surface area contributed by atoms with Crippen LogP contribution in [0.3, 0.4) is 0 Å². The van der Waals surface area contributed by atoms with E-state index in [1.165, 1.54) is 24.3 Å². The van der Waals surface area contributed by atoms with Gasteiger partial charge in [-0.15, -0.1) is 0 Å². The van der Waals surface area contributed by atoms with Crippen molar-refractivity contribution in [3.05, 3.63) is 112 Å². The van der Waals surface area contributed by atoms with Crippen molar-refractivity contribution in [2.45, 2.75) is 25.2 Å². The van der Waals surface area contributed by atoms with Crippen LogP contribution in [0.1, 0.15) is 22.5 Å². The number of amides is 1. The minimum Gasteiger partial charge on any atom is -0.497 e. The maximum Gasteiger partial charge on any atom is 0.255 e. The lowest BCUT2D eigenvalue weighted by Crippen LogP contribution is -2.40. The number of ether oxygens (including phenoxy) is 1. The van der Waals surface area contributed by atoms with E-state index in [1.54, 1.807) is 13.3 Å². The Morgan fingerprint density at radius 3 is 2.35 bits per heavy atom. The van der Waals surface area contributed by atoms with E-state index < -0.39 is 15.9 Å². The first-order chi connectivity index (χ1) is 19.2. The van der Waals surface area contributed by atoms with Crippen LogP contribution in [0.2, 0.25) is 5.02 Å². The minimum atomic E-state index is -3.96. The maximum atomic E-state index is 13.4. The molecule has 0 bridgehead atoms. The monoisotopic (exact) mass is 578 g/mol. The third kappa shape index (κ3) is 6.98. The summed E-state index contributed by atoms with van der Waals surface area (Å²) in [7, 11) is -2.33. The standard InChI is InChI=1S/C30H31ClN4O4S/c1-22-19-25(23(2)35(22)27-11-13-28(39-3)14-12-27)20-32-33-30(36)21-34(18-17-24-7-5-4-6-8-24)40(37,38)29-15-9-26(31)10-16-29/h4-16,19-20H,17-18,21H2,1-3H3,(H,33,36)/b32-20+. The zero-order valence-corrected chi connectivity index (χ0v) is 24.1. The molecule has 208 valence electrons. The van der Waals surface area contributed by atoms with Crippen LogP contribution < -0.4 is 10.2 Å². The summed E-state index contributed by atoms with van der Waals surface area (Å²) in [5, 5.41) is 4.54. The molecule has 1 N–H and O–H groups in total. The van der Waals surface area contributed by atoms with E-state index in [4.69, 9.17) is 16.3 Å². The van der Waals surface area contributed by atoms with Gasteiger partial charge in [-0.3, -0.25) is 4.79 Å². The Morgan fingerprint density at radius 1 is 1.02 bits per heavy atom. The average Bonchev–Trinajstić information content (AvgIpc) is 3.24. The average molecular weight is 579 g/mol. The largest absolute Gasteiger partial charge is 0.497 e. The lowest BCUT2D eigenvalue weighted by Gasteiger charge is -2.21. The summed E-state index contributed by atoms with van der Waals surface area (Å²) in [4.78, 5) is 12.9. The van der Waals surface area contributed by atoms with Crippen molar-refractivity contribution >= 4 is 33.7 Å². The van der Waals surface area contributed by atoms with Gasteiger partial charge in [0.25, 0.3) is 5.91 Å². The summed E-state index contributed by atoms with van der Waals surface area (Å²) in [5.74, 6) is 0.220. The molecular weight excluding hydrogens is 548 g/mol. The molecule has 0 fully saturated rings. The van der Waals surface area contributed by atoms with Gasteiger partial charge in [0.15, 0.2) is 0 Å². The SMILES string of the molecule is COc1ccc(-n2c(C)cc(/C=N/NC(=O)CN(CCc3ccccc3)S(=O)(=O)c3ccc(Cl)cc3)c2C)cc1. The van der Waals surface area contributed by atoms with Gasteiger partial charge in [-0.2, -0.15) is 9.41 Å². The van der Waals surface area contributed by atoms with E-state index >= 15 is 0 Å². The molecule has 10 heteroatoms. The Morgan fingerprint density at radius 2 is 1.70 bits per heavy atom. The first-order valence-corrected chi connectivity index (χ1v) is 14.5. The lowest BCUT2D eigenvalue weighted by atomic mass is 10.1. The fourth-order valence-corrected chi connectivity index (χ4v) is 5.88. The molecule has 0 saturated carbocycles. The first kappa shape index (κ1) is 29.1. The summed E-state index contributed by atoms with van der Waals surface area (Å²) in [6.45, 7) is 3.68. The topological polar surface area (TPSA) is 93.0 Å². The Bertz CT molecular complexity index is 1580. The molecule has 0 aliphatic heterocycles. The van der Waals surface area contributed by atoms with Crippen LogP contribution in [-0.4, -0.2) is 49.6 Å². The van der Waals surface area contributed by atoms with Gasteiger partial charge in [0.2, 0.25) is 10.0 Å². The molecule has 1 amide bonds. The van der Waals surface area contributed by atoms with Crippen molar-refractivity contribution in [1.82, 2.24) is 14.3 Å². The number of benzene rings is 3. The predicted octanol–water partition coefficient (Wildman–Crippen LogP) is 5.14. The van der Waals surface area contributed by atoms with Gasteiger partial charge in [-0.1, -0.05) is 41.9 Å². The molecule has 0 saturated heterocycles. The molecule has 0 aliphatic carbocycles. The summed E-state index contributed by atoms with van der Waals surface area (Å²) in [6, 6.07) is 25.1. The van der Waals surface area contributed by atoms with Crippen LogP contribution in [0.5, 0.6) is 5.75 Å². The van der Waals surface area contributed by atoms with Crippen LogP contribution in [0.25, 0.3) is 5.69 Å². The van der Waals surface area contributed by atoms with Gasteiger partial charge in [-0.05, 0) is 80.4 Å². The quantitative estimate of drug-likeness (QED) is 0.197. The number of rotatable bonds is 11. The maximum absolute atomic E-state index is 13.4. The van der Waals surface area contributed by atoms with Crippen molar-refractivity contribution < 1.29 is 17.9 Å². The van der Waals surface area contributed by atoms with E-state index in [-0.39, 0.29) is 18.0 Å². The molecule has 0 atom stereocenters. The van der Waals surface area contributed by atoms with E-state index in [0.29, 0.717) is 11.4 Å². The summed E-state index contributed by atoms with van der Waals surface area (Å²) in [5.41, 5.74) is 7.18. The Kier molecular flexibility index (Phi) is 9.42.